The molecular formula is C13H16N2O5. The third-order valence-corrected chi connectivity index (χ3v) is 3.22. The van der Waals surface area contributed by atoms with Gasteiger partial charge in [0.25, 0.3) is 5.56 Å². The molecule has 0 saturated carbocycles. The van der Waals surface area contributed by atoms with Gasteiger partial charge in [0.1, 0.15) is 5.92 Å². The largest absolute Gasteiger partial charge is 0.481 e. The molecule has 0 aromatic carbocycles. The SMILES string of the molecule is O=C(CCn1ccccc1=O)NC1COCC1C(=O)O. The van der Waals surface area contributed by atoms with Crippen molar-refractivity contribution in [2.45, 2.75) is 19.0 Å². The first-order valence-electron chi connectivity index (χ1n) is 6.33. The number of rotatable bonds is 5. The molecule has 0 aliphatic carbocycles. The molecule has 7 nitrogen and oxygen atoms in total. The predicted octanol–water partition coefficient (Wildman–Crippen LogP) is -0.546. The molecule has 2 heterocycles. The lowest BCUT2D eigenvalue weighted by molar-refractivity contribution is -0.142. The van der Waals surface area contributed by atoms with E-state index in [9.17, 15) is 14.4 Å². The van der Waals surface area contributed by atoms with Crippen molar-refractivity contribution in [3.63, 3.8) is 0 Å². The van der Waals surface area contributed by atoms with Crippen LogP contribution in [0.3, 0.4) is 0 Å². The summed E-state index contributed by atoms with van der Waals surface area (Å²) in [5.41, 5.74) is -0.173. The van der Waals surface area contributed by atoms with Gasteiger partial charge in [-0.3, -0.25) is 14.4 Å². The second kappa shape index (κ2) is 6.33. The standard InChI is InChI=1S/C13H16N2O5/c16-11(4-6-15-5-2-1-3-12(15)17)14-10-8-20-7-9(10)13(18)19/h1-3,5,9-10H,4,6-8H2,(H,14,16)(H,18,19). The van der Waals surface area contributed by atoms with Crippen molar-refractivity contribution in [2.24, 2.45) is 5.92 Å². The number of aliphatic carboxylic acids is 1. The first-order chi connectivity index (χ1) is 9.58. The summed E-state index contributed by atoms with van der Waals surface area (Å²) in [4.78, 5) is 34.2. The van der Waals surface area contributed by atoms with Crippen LogP contribution < -0.4 is 10.9 Å². The average Bonchev–Trinajstić information content (AvgIpc) is 2.86. The summed E-state index contributed by atoms with van der Waals surface area (Å²) in [7, 11) is 0. The maximum atomic E-state index is 11.8. The molecule has 0 spiro atoms. The zero-order chi connectivity index (χ0) is 14.5. The highest BCUT2D eigenvalue weighted by Crippen LogP contribution is 2.13. The van der Waals surface area contributed by atoms with Crippen molar-refractivity contribution >= 4 is 11.9 Å². The zero-order valence-electron chi connectivity index (χ0n) is 10.8. The number of carbonyl (C=O) groups excluding carboxylic acids is 1. The van der Waals surface area contributed by atoms with Gasteiger partial charge in [0.15, 0.2) is 0 Å². The van der Waals surface area contributed by atoms with Crippen LogP contribution in [-0.4, -0.2) is 40.8 Å². The molecule has 20 heavy (non-hydrogen) atoms. The van der Waals surface area contributed by atoms with E-state index in [2.05, 4.69) is 5.32 Å². The normalized spacial score (nSPS) is 21.6. The second-order valence-electron chi connectivity index (χ2n) is 4.64. The fraction of sp³-hybridized carbons (Fsp3) is 0.462. The minimum atomic E-state index is -0.980. The zero-order valence-corrected chi connectivity index (χ0v) is 10.8. The number of hydrogen-bond donors (Lipinski definition) is 2. The average molecular weight is 280 g/mol. The summed E-state index contributed by atoms with van der Waals surface area (Å²) in [6.45, 7) is 0.573. The summed E-state index contributed by atoms with van der Waals surface area (Å²) in [6.07, 6.45) is 1.72. The Bertz CT molecular complexity index is 554. The first kappa shape index (κ1) is 14.3. The Morgan fingerprint density at radius 1 is 1.40 bits per heavy atom. The quantitative estimate of drug-likeness (QED) is 0.754. The minimum Gasteiger partial charge on any atom is -0.481 e. The van der Waals surface area contributed by atoms with Crippen LogP contribution in [0.25, 0.3) is 0 Å². The van der Waals surface area contributed by atoms with Gasteiger partial charge in [-0.2, -0.15) is 0 Å². The van der Waals surface area contributed by atoms with Crippen LogP contribution >= 0.6 is 0 Å². The number of hydrogen-bond acceptors (Lipinski definition) is 4. The molecule has 108 valence electrons. The maximum absolute atomic E-state index is 11.8. The molecule has 2 rings (SSSR count). The summed E-state index contributed by atoms with van der Waals surface area (Å²) in [5.74, 6) is -1.98. The molecule has 7 heteroatoms. The third-order valence-electron chi connectivity index (χ3n) is 3.22. The van der Waals surface area contributed by atoms with Gasteiger partial charge in [0.05, 0.1) is 19.3 Å². The lowest BCUT2D eigenvalue weighted by atomic mass is 10.0. The van der Waals surface area contributed by atoms with Crippen LogP contribution in [0.5, 0.6) is 0 Å². The molecular weight excluding hydrogens is 264 g/mol. The van der Waals surface area contributed by atoms with Crippen LogP contribution in [0, 0.1) is 5.92 Å². The Balaban J connectivity index is 1.85. The van der Waals surface area contributed by atoms with E-state index in [-0.39, 0.29) is 37.6 Å². The topological polar surface area (TPSA) is 97.6 Å². The van der Waals surface area contributed by atoms with E-state index in [1.807, 2.05) is 0 Å². The molecule has 2 atom stereocenters. The van der Waals surface area contributed by atoms with E-state index < -0.39 is 17.9 Å². The molecule has 1 saturated heterocycles. The number of aromatic nitrogens is 1. The maximum Gasteiger partial charge on any atom is 0.311 e. The molecule has 2 N–H and O–H groups in total. The molecule has 1 amide bonds. The third kappa shape index (κ3) is 3.45. The van der Waals surface area contributed by atoms with E-state index in [0.29, 0.717) is 0 Å². The number of nitrogens with one attached hydrogen (secondary N) is 1. The highest BCUT2D eigenvalue weighted by Gasteiger charge is 2.34. The minimum absolute atomic E-state index is 0.110. The van der Waals surface area contributed by atoms with Crippen LogP contribution in [0.1, 0.15) is 6.42 Å². The number of carboxylic acid groups (broad SMARTS) is 1. The molecule has 0 radical (unpaired) electrons. The number of nitrogens with zero attached hydrogens (tertiary/aromatic N) is 1. The second-order valence-corrected chi connectivity index (χ2v) is 4.64. The van der Waals surface area contributed by atoms with Gasteiger partial charge in [-0.25, -0.2) is 0 Å². The van der Waals surface area contributed by atoms with Crippen molar-refractivity contribution < 1.29 is 19.4 Å². The van der Waals surface area contributed by atoms with Crippen molar-refractivity contribution in [3.05, 3.63) is 34.7 Å². The number of pyridine rings is 1. The molecule has 0 bridgehead atoms. The summed E-state index contributed by atoms with van der Waals surface area (Å²) in [5, 5.41) is 11.6. The summed E-state index contributed by atoms with van der Waals surface area (Å²) < 4.78 is 6.49. The Hall–Kier alpha value is -2.15. The van der Waals surface area contributed by atoms with E-state index in [1.54, 1.807) is 18.3 Å². The number of amides is 1. The number of aryl methyl sites for hydroxylation is 1. The van der Waals surface area contributed by atoms with Crippen molar-refractivity contribution in [1.82, 2.24) is 9.88 Å². The Morgan fingerprint density at radius 3 is 2.90 bits per heavy atom. The van der Waals surface area contributed by atoms with E-state index in [1.165, 1.54) is 10.6 Å². The molecule has 2 unspecified atom stereocenters. The van der Waals surface area contributed by atoms with Gasteiger partial charge in [0.2, 0.25) is 5.91 Å². The fourth-order valence-electron chi connectivity index (χ4n) is 2.09. The van der Waals surface area contributed by atoms with Crippen LogP contribution in [0.4, 0.5) is 0 Å². The smallest absolute Gasteiger partial charge is 0.311 e. The Morgan fingerprint density at radius 2 is 2.20 bits per heavy atom. The van der Waals surface area contributed by atoms with E-state index in [0.717, 1.165) is 0 Å². The molecule has 1 fully saturated rings. The fourth-order valence-corrected chi connectivity index (χ4v) is 2.09. The van der Waals surface area contributed by atoms with Crippen molar-refractivity contribution in [2.75, 3.05) is 13.2 Å². The lowest BCUT2D eigenvalue weighted by Gasteiger charge is -2.15. The van der Waals surface area contributed by atoms with Gasteiger partial charge >= 0.3 is 5.97 Å². The van der Waals surface area contributed by atoms with E-state index >= 15 is 0 Å². The Labute approximate surface area is 115 Å². The van der Waals surface area contributed by atoms with Gasteiger partial charge in [-0.15, -0.1) is 0 Å². The van der Waals surface area contributed by atoms with Crippen LogP contribution in [0.2, 0.25) is 0 Å². The molecule has 1 aromatic heterocycles. The number of ether oxygens (including phenoxy) is 1. The van der Waals surface area contributed by atoms with E-state index in [4.69, 9.17) is 9.84 Å². The van der Waals surface area contributed by atoms with Gasteiger partial charge in [-0.05, 0) is 6.07 Å². The highest BCUT2D eigenvalue weighted by molar-refractivity contribution is 5.78. The first-order valence-corrected chi connectivity index (χ1v) is 6.33. The van der Waals surface area contributed by atoms with Gasteiger partial charge < -0.3 is 19.7 Å². The molecule has 1 aliphatic rings. The number of carboxylic acids is 1. The van der Waals surface area contributed by atoms with Crippen LogP contribution in [-0.2, 0) is 20.9 Å². The van der Waals surface area contributed by atoms with Crippen molar-refractivity contribution in [1.29, 1.82) is 0 Å². The monoisotopic (exact) mass is 280 g/mol. The lowest BCUT2D eigenvalue weighted by Crippen LogP contribution is -2.43. The Kier molecular flexibility index (Phi) is 4.52. The summed E-state index contributed by atoms with van der Waals surface area (Å²) in [6, 6.07) is 4.26. The van der Waals surface area contributed by atoms with Crippen LogP contribution in [0.15, 0.2) is 29.2 Å². The molecule has 1 aliphatic heterocycles. The molecule has 1 aromatic rings. The van der Waals surface area contributed by atoms with Crippen molar-refractivity contribution in [3.8, 4) is 0 Å². The predicted molar refractivity (Wildman–Crippen MR) is 69.2 cm³/mol. The van der Waals surface area contributed by atoms with Gasteiger partial charge in [0, 0.05) is 25.2 Å². The number of carbonyl (C=O) groups is 2. The highest BCUT2D eigenvalue weighted by atomic mass is 16.5. The summed E-state index contributed by atoms with van der Waals surface area (Å²) >= 11 is 0. The van der Waals surface area contributed by atoms with Gasteiger partial charge in [-0.1, -0.05) is 6.07 Å².